The number of Topliss-reactive ketones (excluding diaryl/α,β-unsaturated/α-hetero) is 1. The Kier molecular flexibility index (Phi) is 4.19. The van der Waals surface area contributed by atoms with Crippen LogP contribution in [0.4, 0.5) is 13.2 Å². The van der Waals surface area contributed by atoms with Gasteiger partial charge in [-0.1, -0.05) is 23.7 Å². The molecular weight excluding hydrogens is 277 g/mol. The lowest BCUT2D eigenvalue weighted by atomic mass is 9.78. The Balaban J connectivity index is 2.00. The van der Waals surface area contributed by atoms with Gasteiger partial charge in [0.15, 0.2) is 5.78 Å². The van der Waals surface area contributed by atoms with Gasteiger partial charge in [0.05, 0.1) is 5.92 Å². The van der Waals surface area contributed by atoms with Crippen LogP contribution in [0.15, 0.2) is 24.3 Å². The van der Waals surface area contributed by atoms with E-state index in [0.29, 0.717) is 23.4 Å². The zero-order chi connectivity index (χ0) is 14.0. The van der Waals surface area contributed by atoms with E-state index in [0.717, 1.165) is 0 Å². The Bertz CT molecular complexity index is 462. The second-order valence-corrected chi connectivity index (χ2v) is 5.40. The van der Waals surface area contributed by atoms with Crippen molar-refractivity contribution >= 4 is 17.4 Å². The summed E-state index contributed by atoms with van der Waals surface area (Å²) in [7, 11) is 0. The first-order valence-corrected chi connectivity index (χ1v) is 6.62. The molecule has 104 valence electrons. The predicted molar refractivity (Wildman–Crippen MR) is 67.3 cm³/mol. The van der Waals surface area contributed by atoms with Gasteiger partial charge in [-0.15, -0.1) is 0 Å². The quantitative estimate of drug-likeness (QED) is 0.709. The molecule has 0 atom stereocenters. The smallest absolute Gasteiger partial charge is 0.294 e. The molecule has 0 saturated heterocycles. The molecule has 0 amide bonds. The topological polar surface area (TPSA) is 17.1 Å². The van der Waals surface area contributed by atoms with E-state index in [-0.39, 0.29) is 24.5 Å². The normalized spacial score (nSPS) is 24.2. The molecule has 0 radical (unpaired) electrons. The van der Waals surface area contributed by atoms with E-state index in [9.17, 15) is 18.0 Å². The van der Waals surface area contributed by atoms with Crippen LogP contribution in [0.25, 0.3) is 0 Å². The highest BCUT2D eigenvalue weighted by Crippen LogP contribution is 2.40. The standard InChI is InChI=1S/C14H14ClF3O/c15-12-3-1-2-10(8-12)13(19)9-4-6-11(7-5-9)14(16,17)18/h1-3,8-9,11H,4-7H2. The van der Waals surface area contributed by atoms with Crippen LogP contribution in [0.5, 0.6) is 0 Å². The second kappa shape index (κ2) is 5.53. The van der Waals surface area contributed by atoms with Gasteiger partial charge in [-0.2, -0.15) is 13.2 Å². The Morgan fingerprint density at radius 1 is 1.16 bits per heavy atom. The molecule has 0 bridgehead atoms. The fourth-order valence-electron chi connectivity index (χ4n) is 2.56. The van der Waals surface area contributed by atoms with Gasteiger partial charge >= 0.3 is 6.18 Å². The van der Waals surface area contributed by atoms with Gasteiger partial charge in [0, 0.05) is 16.5 Å². The molecule has 0 spiro atoms. The highest BCUT2D eigenvalue weighted by molar-refractivity contribution is 6.31. The monoisotopic (exact) mass is 290 g/mol. The maximum absolute atomic E-state index is 12.5. The number of hydrogen-bond donors (Lipinski definition) is 0. The maximum atomic E-state index is 12.5. The molecule has 19 heavy (non-hydrogen) atoms. The van der Waals surface area contributed by atoms with Crippen molar-refractivity contribution in [2.24, 2.45) is 11.8 Å². The summed E-state index contributed by atoms with van der Waals surface area (Å²) in [5, 5.41) is 0.467. The number of carbonyl (C=O) groups excluding carboxylic acids is 1. The molecule has 1 aromatic carbocycles. The average molecular weight is 291 g/mol. The first-order valence-electron chi connectivity index (χ1n) is 6.24. The minimum atomic E-state index is -4.13. The molecule has 1 nitrogen and oxygen atoms in total. The molecule has 0 N–H and O–H groups in total. The van der Waals surface area contributed by atoms with Crippen LogP contribution < -0.4 is 0 Å². The van der Waals surface area contributed by atoms with Crippen molar-refractivity contribution in [3.05, 3.63) is 34.9 Å². The number of ketones is 1. The van der Waals surface area contributed by atoms with Crippen molar-refractivity contribution in [3.8, 4) is 0 Å². The molecular formula is C14H14ClF3O. The van der Waals surface area contributed by atoms with Crippen LogP contribution >= 0.6 is 11.6 Å². The molecule has 1 fully saturated rings. The fraction of sp³-hybridized carbons (Fsp3) is 0.500. The lowest BCUT2D eigenvalue weighted by Gasteiger charge is -2.29. The van der Waals surface area contributed by atoms with Crippen LogP contribution in [0.1, 0.15) is 36.0 Å². The molecule has 5 heteroatoms. The Morgan fingerprint density at radius 3 is 2.32 bits per heavy atom. The number of benzene rings is 1. The van der Waals surface area contributed by atoms with Crippen LogP contribution in [0.3, 0.4) is 0 Å². The molecule has 0 unspecified atom stereocenters. The Morgan fingerprint density at radius 2 is 1.79 bits per heavy atom. The third-order valence-electron chi connectivity index (χ3n) is 3.67. The fourth-order valence-corrected chi connectivity index (χ4v) is 2.75. The summed E-state index contributed by atoms with van der Waals surface area (Å²) >= 11 is 5.81. The van der Waals surface area contributed by atoms with E-state index in [1.54, 1.807) is 24.3 Å². The van der Waals surface area contributed by atoms with Crippen LogP contribution in [-0.4, -0.2) is 12.0 Å². The zero-order valence-corrected chi connectivity index (χ0v) is 11.0. The molecule has 1 saturated carbocycles. The molecule has 1 aliphatic rings. The SMILES string of the molecule is O=C(c1cccc(Cl)c1)C1CCC(C(F)(F)F)CC1. The Hall–Kier alpha value is -1.03. The van der Waals surface area contributed by atoms with Crippen molar-refractivity contribution < 1.29 is 18.0 Å². The van der Waals surface area contributed by atoms with Gasteiger partial charge in [0.1, 0.15) is 0 Å². The van der Waals surface area contributed by atoms with Crippen molar-refractivity contribution in [2.45, 2.75) is 31.9 Å². The van der Waals surface area contributed by atoms with E-state index < -0.39 is 12.1 Å². The molecule has 2 rings (SSSR count). The van der Waals surface area contributed by atoms with Crippen molar-refractivity contribution in [1.82, 2.24) is 0 Å². The minimum Gasteiger partial charge on any atom is -0.294 e. The van der Waals surface area contributed by atoms with E-state index >= 15 is 0 Å². The predicted octanol–water partition coefficient (Wildman–Crippen LogP) is 4.89. The van der Waals surface area contributed by atoms with Crippen molar-refractivity contribution in [1.29, 1.82) is 0 Å². The van der Waals surface area contributed by atoms with E-state index in [2.05, 4.69) is 0 Å². The van der Waals surface area contributed by atoms with Crippen LogP contribution in [0, 0.1) is 11.8 Å². The third kappa shape index (κ3) is 3.50. The summed E-state index contributed by atoms with van der Waals surface area (Å²) in [5.41, 5.74) is 0.489. The minimum absolute atomic E-state index is 0.0421. The van der Waals surface area contributed by atoms with Gasteiger partial charge in [0.2, 0.25) is 0 Å². The van der Waals surface area contributed by atoms with Crippen LogP contribution in [0.2, 0.25) is 5.02 Å². The summed E-state index contributed by atoms with van der Waals surface area (Å²) in [4.78, 5) is 12.2. The van der Waals surface area contributed by atoms with E-state index in [1.165, 1.54) is 0 Å². The molecule has 0 heterocycles. The number of carbonyl (C=O) groups is 1. The lowest BCUT2D eigenvalue weighted by Crippen LogP contribution is -2.30. The van der Waals surface area contributed by atoms with Gasteiger partial charge in [-0.25, -0.2) is 0 Å². The summed E-state index contributed by atoms with van der Waals surface area (Å²) < 4.78 is 37.6. The maximum Gasteiger partial charge on any atom is 0.391 e. The number of hydrogen-bond acceptors (Lipinski definition) is 1. The third-order valence-corrected chi connectivity index (χ3v) is 3.91. The molecule has 0 aromatic heterocycles. The van der Waals surface area contributed by atoms with E-state index in [1.807, 2.05) is 0 Å². The average Bonchev–Trinajstić information content (AvgIpc) is 2.37. The molecule has 1 aromatic rings. The highest BCUT2D eigenvalue weighted by Gasteiger charge is 2.42. The lowest BCUT2D eigenvalue weighted by molar-refractivity contribution is -0.183. The van der Waals surface area contributed by atoms with Crippen molar-refractivity contribution in [3.63, 3.8) is 0 Å². The van der Waals surface area contributed by atoms with Crippen molar-refractivity contribution in [2.75, 3.05) is 0 Å². The highest BCUT2D eigenvalue weighted by atomic mass is 35.5. The zero-order valence-electron chi connectivity index (χ0n) is 10.2. The van der Waals surface area contributed by atoms with Gasteiger partial charge in [-0.05, 0) is 37.8 Å². The summed E-state index contributed by atoms with van der Waals surface area (Å²) in [5.74, 6) is -1.66. The number of rotatable bonds is 2. The Labute approximate surface area is 114 Å². The van der Waals surface area contributed by atoms with Gasteiger partial charge < -0.3 is 0 Å². The number of alkyl halides is 3. The second-order valence-electron chi connectivity index (χ2n) is 4.96. The van der Waals surface area contributed by atoms with E-state index in [4.69, 9.17) is 11.6 Å². The van der Waals surface area contributed by atoms with Crippen LogP contribution in [-0.2, 0) is 0 Å². The largest absolute Gasteiger partial charge is 0.391 e. The van der Waals surface area contributed by atoms with Gasteiger partial charge in [0.25, 0.3) is 0 Å². The first kappa shape index (κ1) is 14.4. The molecule has 0 aliphatic heterocycles. The van der Waals surface area contributed by atoms with Gasteiger partial charge in [-0.3, -0.25) is 4.79 Å². The number of halogens is 4. The summed E-state index contributed by atoms with van der Waals surface area (Å²) in [6, 6.07) is 6.57. The molecule has 1 aliphatic carbocycles. The first-order chi connectivity index (χ1) is 8.88. The summed E-state index contributed by atoms with van der Waals surface area (Å²) in [6.45, 7) is 0. The summed E-state index contributed by atoms with van der Waals surface area (Å²) in [6.07, 6.45) is -3.45.